The number of aryl methyl sites for hydroxylation is 1. The third-order valence-electron chi connectivity index (χ3n) is 2.59. The molecule has 0 fully saturated rings. The van der Waals surface area contributed by atoms with Gasteiger partial charge in [-0.15, -0.1) is 0 Å². The lowest BCUT2D eigenvalue weighted by Crippen LogP contribution is -2.14. The zero-order valence-corrected chi connectivity index (χ0v) is 11.2. The fraction of sp³-hybridized carbons (Fsp3) is 0.417. The van der Waals surface area contributed by atoms with E-state index in [0.29, 0.717) is 12.0 Å². The van der Waals surface area contributed by atoms with Crippen LogP contribution in [0, 0.1) is 0 Å². The smallest absolute Gasteiger partial charge is 0.335 e. The Morgan fingerprint density at radius 3 is 2.56 bits per heavy atom. The van der Waals surface area contributed by atoms with Gasteiger partial charge in [-0.1, -0.05) is 13.0 Å². The van der Waals surface area contributed by atoms with Gasteiger partial charge in [-0.05, 0) is 24.1 Å². The van der Waals surface area contributed by atoms with Crippen LogP contribution in [0.1, 0.15) is 22.8 Å². The molecule has 0 unspecified atom stereocenters. The van der Waals surface area contributed by atoms with Crippen LogP contribution in [-0.2, 0) is 21.0 Å². The molecular weight excluding hydrogens is 256 g/mol. The Balaban J connectivity index is 3.27. The Kier molecular flexibility index (Phi) is 4.86. The van der Waals surface area contributed by atoms with E-state index in [1.54, 1.807) is 6.07 Å². The molecule has 0 aliphatic rings. The molecular formula is C12H16O5S. The van der Waals surface area contributed by atoms with Crippen LogP contribution in [0.5, 0.6) is 0 Å². The molecule has 0 saturated heterocycles. The van der Waals surface area contributed by atoms with Crippen molar-refractivity contribution in [2.45, 2.75) is 18.2 Å². The van der Waals surface area contributed by atoms with Crippen molar-refractivity contribution >= 4 is 15.8 Å². The Bertz CT molecular complexity index is 533. The van der Waals surface area contributed by atoms with Gasteiger partial charge in [-0.25, -0.2) is 13.2 Å². The second-order valence-electron chi connectivity index (χ2n) is 3.79. The van der Waals surface area contributed by atoms with Crippen LogP contribution in [0.25, 0.3) is 0 Å². The Hall–Kier alpha value is -1.40. The minimum Gasteiger partial charge on any atom is -0.478 e. The molecule has 18 heavy (non-hydrogen) atoms. The molecule has 0 saturated carbocycles. The van der Waals surface area contributed by atoms with Gasteiger partial charge in [0, 0.05) is 7.11 Å². The van der Waals surface area contributed by atoms with Gasteiger partial charge in [-0.2, -0.15) is 0 Å². The number of carbonyl (C=O) groups is 1. The minimum absolute atomic E-state index is 0.0248. The number of sulfone groups is 1. The Morgan fingerprint density at radius 1 is 1.39 bits per heavy atom. The predicted octanol–water partition coefficient (Wildman–Crippen LogP) is 1.37. The summed E-state index contributed by atoms with van der Waals surface area (Å²) in [5.74, 6) is -1.29. The zero-order valence-electron chi connectivity index (χ0n) is 10.3. The molecule has 0 aliphatic carbocycles. The molecule has 0 aliphatic heterocycles. The summed E-state index contributed by atoms with van der Waals surface area (Å²) in [5.41, 5.74) is 0.597. The van der Waals surface area contributed by atoms with Crippen molar-refractivity contribution in [2.24, 2.45) is 0 Å². The number of hydrogen-bond acceptors (Lipinski definition) is 4. The van der Waals surface area contributed by atoms with Gasteiger partial charge in [0.25, 0.3) is 0 Å². The lowest BCUT2D eigenvalue weighted by molar-refractivity contribution is 0.0696. The number of aromatic carboxylic acids is 1. The number of carboxylic acids is 1. The monoisotopic (exact) mass is 272 g/mol. The molecule has 0 bridgehead atoms. The van der Waals surface area contributed by atoms with Crippen LogP contribution in [0.2, 0.25) is 0 Å². The van der Waals surface area contributed by atoms with Gasteiger partial charge in [-0.3, -0.25) is 0 Å². The summed E-state index contributed by atoms with van der Waals surface area (Å²) in [6.45, 7) is 1.91. The maximum Gasteiger partial charge on any atom is 0.335 e. The number of benzene rings is 1. The average Bonchev–Trinajstić information content (AvgIpc) is 2.35. The van der Waals surface area contributed by atoms with Crippen molar-refractivity contribution in [2.75, 3.05) is 19.5 Å². The molecule has 0 amide bonds. The molecule has 0 heterocycles. The fourth-order valence-electron chi connectivity index (χ4n) is 1.57. The Labute approximate surface area is 106 Å². The van der Waals surface area contributed by atoms with E-state index in [2.05, 4.69) is 0 Å². The second kappa shape index (κ2) is 5.97. The fourth-order valence-corrected chi connectivity index (χ4v) is 3.10. The number of methoxy groups -OCH3 is 1. The van der Waals surface area contributed by atoms with Gasteiger partial charge in [0.15, 0.2) is 9.84 Å². The highest BCUT2D eigenvalue weighted by atomic mass is 32.2. The molecule has 0 spiro atoms. The van der Waals surface area contributed by atoms with E-state index in [-0.39, 0.29) is 22.8 Å². The van der Waals surface area contributed by atoms with Crippen molar-refractivity contribution in [3.05, 3.63) is 29.3 Å². The highest BCUT2D eigenvalue weighted by molar-refractivity contribution is 7.91. The largest absolute Gasteiger partial charge is 0.478 e. The normalized spacial score (nSPS) is 11.4. The summed E-state index contributed by atoms with van der Waals surface area (Å²) in [4.78, 5) is 11.0. The second-order valence-corrected chi connectivity index (χ2v) is 5.87. The maximum atomic E-state index is 12.1. The van der Waals surface area contributed by atoms with Crippen LogP contribution >= 0.6 is 0 Å². The summed E-state index contributed by atoms with van der Waals surface area (Å²) in [6.07, 6.45) is 0.529. The SMILES string of the molecule is CCc1ccc(C(=O)O)cc1S(=O)(=O)CCOC. The molecule has 1 aromatic carbocycles. The minimum atomic E-state index is -3.51. The van der Waals surface area contributed by atoms with Gasteiger partial charge >= 0.3 is 5.97 Å². The van der Waals surface area contributed by atoms with E-state index in [1.807, 2.05) is 6.92 Å². The predicted molar refractivity (Wildman–Crippen MR) is 66.7 cm³/mol. The molecule has 5 nitrogen and oxygen atoms in total. The quantitative estimate of drug-likeness (QED) is 0.845. The molecule has 1 N–H and O–H groups in total. The standard InChI is InChI=1S/C12H16O5S/c1-3-9-4-5-10(12(13)14)8-11(9)18(15,16)7-6-17-2/h4-5,8H,3,6-7H2,1-2H3,(H,13,14). The van der Waals surface area contributed by atoms with Crippen LogP contribution < -0.4 is 0 Å². The molecule has 0 radical (unpaired) electrons. The molecule has 100 valence electrons. The van der Waals surface area contributed by atoms with Crippen molar-refractivity contribution in [3.63, 3.8) is 0 Å². The molecule has 0 aromatic heterocycles. The highest BCUT2D eigenvalue weighted by Gasteiger charge is 2.19. The first-order chi connectivity index (χ1) is 8.42. The molecule has 1 aromatic rings. The van der Waals surface area contributed by atoms with E-state index in [4.69, 9.17) is 9.84 Å². The van der Waals surface area contributed by atoms with E-state index in [1.165, 1.54) is 19.2 Å². The van der Waals surface area contributed by atoms with E-state index in [9.17, 15) is 13.2 Å². The number of ether oxygens (including phenoxy) is 1. The van der Waals surface area contributed by atoms with Crippen molar-refractivity contribution < 1.29 is 23.1 Å². The van der Waals surface area contributed by atoms with E-state index < -0.39 is 15.8 Å². The maximum absolute atomic E-state index is 12.1. The van der Waals surface area contributed by atoms with Crippen LogP contribution in [0.4, 0.5) is 0 Å². The highest BCUT2D eigenvalue weighted by Crippen LogP contribution is 2.20. The molecule has 0 atom stereocenters. The number of rotatable bonds is 6. The first kappa shape index (κ1) is 14.7. The summed E-state index contributed by atoms with van der Waals surface area (Å²) in [6, 6.07) is 4.17. The third-order valence-corrected chi connectivity index (χ3v) is 4.34. The number of carboxylic acid groups (broad SMARTS) is 1. The first-order valence-electron chi connectivity index (χ1n) is 5.50. The average molecular weight is 272 g/mol. The van der Waals surface area contributed by atoms with Gasteiger partial charge in [0.1, 0.15) is 0 Å². The zero-order chi connectivity index (χ0) is 13.8. The van der Waals surface area contributed by atoms with Crippen molar-refractivity contribution in [3.8, 4) is 0 Å². The topological polar surface area (TPSA) is 80.7 Å². The van der Waals surface area contributed by atoms with E-state index >= 15 is 0 Å². The summed E-state index contributed by atoms with van der Waals surface area (Å²) < 4.78 is 28.9. The van der Waals surface area contributed by atoms with Crippen LogP contribution in [-0.4, -0.2) is 39.0 Å². The summed E-state index contributed by atoms with van der Waals surface area (Å²) in [5, 5.41) is 8.90. The summed E-state index contributed by atoms with van der Waals surface area (Å²) >= 11 is 0. The molecule has 6 heteroatoms. The number of hydrogen-bond donors (Lipinski definition) is 1. The summed E-state index contributed by atoms with van der Waals surface area (Å²) in [7, 11) is -2.09. The first-order valence-corrected chi connectivity index (χ1v) is 7.15. The van der Waals surface area contributed by atoms with Gasteiger partial charge < -0.3 is 9.84 Å². The van der Waals surface area contributed by atoms with E-state index in [0.717, 1.165) is 0 Å². The van der Waals surface area contributed by atoms with Crippen LogP contribution in [0.3, 0.4) is 0 Å². The molecule has 1 rings (SSSR count). The Morgan fingerprint density at radius 2 is 2.06 bits per heavy atom. The lowest BCUT2D eigenvalue weighted by Gasteiger charge is -2.10. The van der Waals surface area contributed by atoms with Crippen LogP contribution in [0.15, 0.2) is 23.1 Å². The third kappa shape index (κ3) is 3.30. The lowest BCUT2D eigenvalue weighted by atomic mass is 10.1. The van der Waals surface area contributed by atoms with Crippen molar-refractivity contribution in [1.29, 1.82) is 0 Å². The van der Waals surface area contributed by atoms with Crippen molar-refractivity contribution in [1.82, 2.24) is 0 Å². The van der Waals surface area contributed by atoms with Gasteiger partial charge in [0.05, 0.1) is 22.8 Å². The van der Waals surface area contributed by atoms with Gasteiger partial charge in [0.2, 0.25) is 0 Å².